The normalized spacial score (nSPS) is 13.4. The van der Waals surface area contributed by atoms with Crippen molar-refractivity contribution in [3.05, 3.63) is 29.1 Å². The summed E-state index contributed by atoms with van der Waals surface area (Å²) in [5.74, 6) is -3.00. The second-order valence-corrected chi connectivity index (χ2v) is 3.23. The topological polar surface area (TPSA) is 72.5 Å². The number of carbonyl (C=O) groups is 3. The minimum atomic E-state index is -0.911. The molecule has 1 heterocycles. The summed E-state index contributed by atoms with van der Waals surface area (Å²) in [5, 5.41) is 2.26. The number of amides is 1. The van der Waals surface area contributed by atoms with Crippen LogP contribution < -0.4 is 5.32 Å². The number of halogens is 1. The third-order valence-electron chi connectivity index (χ3n) is 2.02. The Hall–Kier alpha value is -2.24. The molecule has 2 rings (SSSR count). The molecule has 0 bridgehead atoms. The second kappa shape index (κ2) is 3.41. The molecule has 0 radical (unpaired) electrons. The maximum Gasteiger partial charge on any atom is 0.349 e. The number of nitrogens with one attached hydrogen (secondary N) is 1. The lowest BCUT2D eigenvalue weighted by molar-refractivity contribution is -0.114. The Morgan fingerprint density at radius 1 is 1.31 bits per heavy atom. The van der Waals surface area contributed by atoms with Gasteiger partial charge in [0.15, 0.2) is 0 Å². The maximum atomic E-state index is 13.1. The summed E-state index contributed by atoms with van der Waals surface area (Å²) in [6.07, 6.45) is 0. The molecule has 0 aliphatic carbocycles. The number of hydrogen-bond acceptors (Lipinski definition) is 4. The van der Waals surface area contributed by atoms with E-state index in [1.54, 1.807) is 0 Å². The van der Waals surface area contributed by atoms with Crippen molar-refractivity contribution in [2.75, 3.05) is 5.32 Å². The van der Waals surface area contributed by atoms with Crippen molar-refractivity contribution in [1.29, 1.82) is 0 Å². The number of ether oxygens (including phenoxy) is 1. The highest BCUT2D eigenvalue weighted by molar-refractivity contribution is 6.18. The Labute approximate surface area is 89.2 Å². The van der Waals surface area contributed by atoms with Gasteiger partial charge in [0.2, 0.25) is 5.91 Å². The zero-order valence-electron chi connectivity index (χ0n) is 8.17. The standard InChI is InChI=1S/C10H6FNO4/c1-4(13)12-7-3-5(11)2-6-8(7)10(15)16-9(6)14/h2-3H,1H3,(H,12,13). The number of hydrogen-bond donors (Lipinski definition) is 1. The van der Waals surface area contributed by atoms with Crippen molar-refractivity contribution in [1.82, 2.24) is 0 Å². The van der Waals surface area contributed by atoms with Gasteiger partial charge in [-0.05, 0) is 12.1 Å². The summed E-state index contributed by atoms with van der Waals surface area (Å²) in [5.41, 5.74) is -0.339. The second-order valence-electron chi connectivity index (χ2n) is 3.23. The van der Waals surface area contributed by atoms with Gasteiger partial charge >= 0.3 is 11.9 Å². The van der Waals surface area contributed by atoms with Crippen molar-refractivity contribution in [2.24, 2.45) is 0 Å². The van der Waals surface area contributed by atoms with Gasteiger partial charge in [0, 0.05) is 6.92 Å². The number of rotatable bonds is 1. The molecule has 1 aromatic carbocycles. The summed E-state index contributed by atoms with van der Waals surface area (Å²) < 4.78 is 17.4. The Balaban J connectivity index is 2.62. The van der Waals surface area contributed by atoms with Crippen LogP contribution in [0.1, 0.15) is 27.6 Å². The van der Waals surface area contributed by atoms with Gasteiger partial charge in [-0.2, -0.15) is 0 Å². The maximum absolute atomic E-state index is 13.1. The minimum absolute atomic E-state index is 0.0571. The molecule has 1 N–H and O–H groups in total. The number of anilines is 1. The molecule has 0 unspecified atom stereocenters. The van der Waals surface area contributed by atoms with Crippen LogP contribution in [0.15, 0.2) is 12.1 Å². The van der Waals surface area contributed by atoms with Crippen LogP contribution in [0.4, 0.5) is 10.1 Å². The molecule has 5 nitrogen and oxygen atoms in total. The fourth-order valence-corrected chi connectivity index (χ4v) is 1.47. The van der Waals surface area contributed by atoms with Crippen LogP contribution in [0.2, 0.25) is 0 Å². The molecular weight excluding hydrogens is 217 g/mol. The summed E-state index contributed by atoms with van der Waals surface area (Å²) in [4.78, 5) is 33.3. The van der Waals surface area contributed by atoms with Crippen LogP contribution in [0.25, 0.3) is 0 Å². The lowest BCUT2D eigenvalue weighted by Gasteiger charge is -2.05. The molecule has 0 aromatic heterocycles. The molecule has 0 fully saturated rings. The first-order chi connectivity index (χ1) is 7.49. The fourth-order valence-electron chi connectivity index (χ4n) is 1.47. The lowest BCUT2D eigenvalue weighted by atomic mass is 10.1. The molecule has 1 aliphatic rings. The van der Waals surface area contributed by atoms with E-state index in [2.05, 4.69) is 10.1 Å². The fraction of sp³-hybridized carbons (Fsp3) is 0.100. The van der Waals surface area contributed by atoms with Crippen LogP contribution in [0.3, 0.4) is 0 Å². The van der Waals surface area contributed by atoms with E-state index in [-0.39, 0.29) is 16.8 Å². The molecule has 1 aliphatic heterocycles. The number of cyclic esters (lactones) is 2. The first-order valence-electron chi connectivity index (χ1n) is 4.36. The van der Waals surface area contributed by atoms with E-state index >= 15 is 0 Å². The first-order valence-corrected chi connectivity index (χ1v) is 4.36. The van der Waals surface area contributed by atoms with Crippen molar-refractivity contribution in [2.45, 2.75) is 6.92 Å². The van der Waals surface area contributed by atoms with E-state index < -0.39 is 23.7 Å². The molecule has 0 saturated heterocycles. The predicted octanol–water partition coefficient (Wildman–Crippen LogP) is 1.09. The number of benzene rings is 1. The average Bonchev–Trinajstić information content (AvgIpc) is 2.40. The average molecular weight is 223 g/mol. The highest BCUT2D eigenvalue weighted by atomic mass is 19.1. The zero-order chi connectivity index (χ0) is 11.9. The van der Waals surface area contributed by atoms with Crippen molar-refractivity contribution < 1.29 is 23.5 Å². The largest absolute Gasteiger partial charge is 0.386 e. The van der Waals surface area contributed by atoms with Crippen molar-refractivity contribution in [3.8, 4) is 0 Å². The molecule has 82 valence electrons. The molecule has 0 spiro atoms. The minimum Gasteiger partial charge on any atom is -0.386 e. The van der Waals surface area contributed by atoms with E-state index in [1.165, 1.54) is 6.92 Å². The summed E-state index contributed by atoms with van der Waals surface area (Å²) in [7, 11) is 0. The Morgan fingerprint density at radius 3 is 2.62 bits per heavy atom. The Bertz CT molecular complexity index is 524. The van der Waals surface area contributed by atoms with Gasteiger partial charge in [0.1, 0.15) is 5.82 Å². The molecule has 6 heteroatoms. The third-order valence-corrected chi connectivity index (χ3v) is 2.02. The number of esters is 2. The van der Waals surface area contributed by atoms with E-state index in [0.29, 0.717) is 0 Å². The third kappa shape index (κ3) is 1.54. The smallest absolute Gasteiger partial charge is 0.349 e. The van der Waals surface area contributed by atoms with Crippen molar-refractivity contribution >= 4 is 23.5 Å². The van der Waals surface area contributed by atoms with Gasteiger partial charge in [-0.15, -0.1) is 0 Å². The van der Waals surface area contributed by atoms with Crippen LogP contribution in [0, 0.1) is 5.82 Å². The molecule has 0 saturated carbocycles. The Morgan fingerprint density at radius 2 is 2.00 bits per heavy atom. The van der Waals surface area contributed by atoms with Gasteiger partial charge in [0.25, 0.3) is 0 Å². The van der Waals surface area contributed by atoms with Crippen LogP contribution in [-0.2, 0) is 9.53 Å². The monoisotopic (exact) mass is 223 g/mol. The van der Waals surface area contributed by atoms with Gasteiger partial charge < -0.3 is 10.1 Å². The van der Waals surface area contributed by atoms with Crippen molar-refractivity contribution in [3.63, 3.8) is 0 Å². The lowest BCUT2D eigenvalue weighted by Crippen LogP contribution is -2.10. The van der Waals surface area contributed by atoms with Gasteiger partial charge in [-0.25, -0.2) is 14.0 Å². The summed E-state index contributed by atoms with van der Waals surface area (Å²) in [6.45, 7) is 1.21. The summed E-state index contributed by atoms with van der Waals surface area (Å²) in [6, 6.07) is 1.86. The molecule has 16 heavy (non-hydrogen) atoms. The SMILES string of the molecule is CC(=O)Nc1cc(F)cc2c1C(=O)OC2=O. The molecule has 1 aromatic rings. The Kier molecular flexibility index (Phi) is 2.19. The van der Waals surface area contributed by atoms with Crippen LogP contribution >= 0.6 is 0 Å². The molecule has 1 amide bonds. The quantitative estimate of drug-likeness (QED) is 0.571. The number of carbonyl (C=O) groups excluding carboxylic acids is 3. The zero-order valence-corrected chi connectivity index (χ0v) is 8.17. The van der Waals surface area contributed by atoms with Gasteiger partial charge in [0.05, 0.1) is 16.8 Å². The first kappa shape index (κ1) is 10.3. The number of fused-ring (bicyclic) bond motifs is 1. The molecule has 0 atom stereocenters. The predicted molar refractivity (Wildman–Crippen MR) is 50.4 cm³/mol. The highest BCUT2D eigenvalue weighted by Crippen LogP contribution is 2.28. The summed E-state index contributed by atoms with van der Waals surface area (Å²) >= 11 is 0. The highest BCUT2D eigenvalue weighted by Gasteiger charge is 2.33. The van der Waals surface area contributed by atoms with Gasteiger partial charge in [-0.3, -0.25) is 4.79 Å². The van der Waals surface area contributed by atoms with E-state index in [9.17, 15) is 18.8 Å². The van der Waals surface area contributed by atoms with E-state index in [1.807, 2.05) is 0 Å². The molecular formula is C10H6FNO4. The van der Waals surface area contributed by atoms with Crippen LogP contribution in [0.5, 0.6) is 0 Å². The van der Waals surface area contributed by atoms with E-state index in [0.717, 1.165) is 12.1 Å². The van der Waals surface area contributed by atoms with E-state index in [4.69, 9.17) is 0 Å². The van der Waals surface area contributed by atoms with Gasteiger partial charge in [-0.1, -0.05) is 0 Å². The van der Waals surface area contributed by atoms with Crippen LogP contribution in [-0.4, -0.2) is 17.8 Å².